The highest BCUT2D eigenvalue weighted by molar-refractivity contribution is 6.30. The number of fused-ring (bicyclic) bond motifs is 1. The van der Waals surface area contributed by atoms with Gasteiger partial charge in [-0.15, -0.1) is 0 Å². The number of halogens is 1. The third kappa shape index (κ3) is 4.05. The molecule has 5 nitrogen and oxygen atoms in total. The van der Waals surface area contributed by atoms with Crippen LogP contribution in [-0.4, -0.2) is 23.9 Å². The van der Waals surface area contributed by atoms with Crippen molar-refractivity contribution >= 4 is 28.9 Å². The highest BCUT2D eigenvalue weighted by Gasteiger charge is 2.45. The summed E-state index contributed by atoms with van der Waals surface area (Å²) in [6.45, 7) is 4.08. The fourth-order valence-corrected chi connectivity index (χ4v) is 4.44. The van der Waals surface area contributed by atoms with Crippen molar-refractivity contribution in [3.05, 3.63) is 82.5 Å². The van der Waals surface area contributed by atoms with Crippen LogP contribution in [0.4, 0.5) is 11.5 Å². The molecule has 1 fully saturated rings. The molecule has 1 aliphatic carbocycles. The second-order valence-electron chi connectivity index (χ2n) is 8.46. The topological polar surface area (TPSA) is 54.5 Å². The Balaban J connectivity index is 1.42. The lowest BCUT2D eigenvalue weighted by Crippen LogP contribution is -2.34. The van der Waals surface area contributed by atoms with Crippen LogP contribution in [0.5, 0.6) is 5.75 Å². The molecule has 5 rings (SSSR count). The van der Waals surface area contributed by atoms with Gasteiger partial charge in [0.1, 0.15) is 18.0 Å². The van der Waals surface area contributed by atoms with E-state index in [9.17, 15) is 4.79 Å². The second kappa shape index (κ2) is 8.47. The van der Waals surface area contributed by atoms with Gasteiger partial charge in [0.25, 0.3) is 0 Å². The highest BCUT2D eigenvalue weighted by atomic mass is 35.5. The fraction of sp³-hybridized carbons (Fsp3) is 0.308. The molecule has 0 amide bonds. The summed E-state index contributed by atoms with van der Waals surface area (Å²) < 4.78 is 5.97. The van der Waals surface area contributed by atoms with Crippen molar-refractivity contribution in [1.82, 2.24) is 4.98 Å². The summed E-state index contributed by atoms with van der Waals surface area (Å²) in [5.41, 5.74) is 3.99. The molecule has 32 heavy (non-hydrogen) atoms. The minimum Gasteiger partial charge on any atom is -0.489 e. The van der Waals surface area contributed by atoms with Gasteiger partial charge < -0.3 is 15.0 Å². The summed E-state index contributed by atoms with van der Waals surface area (Å²) >= 11 is 6.06. The number of rotatable bonds is 7. The highest BCUT2D eigenvalue weighted by Crippen LogP contribution is 2.50. The number of nitrogens with zero attached hydrogens (tertiary/aromatic N) is 2. The zero-order valence-electron chi connectivity index (χ0n) is 18.1. The lowest BCUT2D eigenvalue weighted by atomic mass is 10.0. The lowest BCUT2D eigenvalue weighted by Gasteiger charge is -2.33. The molecule has 2 aliphatic rings. The molecule has 164 valence electrons. The van der Waals surface area contributed by atoms with E-state index in [-0.39, 0.29) is 11.3 Å². The van der Waals surface area contributed by atoms with Crippen LogP contribution < -0.4 is 15.0 Å². The van der Waals surface area contributed by atoms with Gasteiger partial charge >= 0.3 is 0 Å². The maximum atomic E-state index is 12.0. The van der Waals surface area contributed by atoms with Crippen molar-refractivity contribution in [3.63, 3.8) is 0 Å². The molecule has 2 heterocycles. The van der Waals surface area contributed by atoms with Gasteiger partial charge in [0, 0.05) is 35.8 Å². The molecule has 0 saturated heterocycles. The summed E-state index contributed by atoms with van der Waals surface area (Å²) in [4.78, 5) is 19.0. The Kier molecular flexibility index (Phi) is 5.51. The number of pyridine rings is 1. The Bertz CT molecular complexity index is 1120. The Labute approximate surface area is 193 Å². The largest absolute Gasteiger partial charge is 0.489 e. The van der Waals surface area contributed by atoms with Gasteiger partial charge in [-0.05, 0) is 36.1 Å². The lowest BCUT2D eigenvalue weighted by molar-refractivity contribution is 0.0988. The number of anilines is 2. The normalized spacial score (nSPS) is 16.1. The molecule has 1 aliphatic heterocycles. The molecule has 0 radical (unpaired) electrons. The van der Waals surface area contributed by atoms with E-state index in [2.05, 4.69) is 34.5 Å². The van der Waals surface area contributed by atoms with E-state index in [0.717, 1.165) is 53.8 Å². The number of Topliss-reactive ketones (excluding diaryl/α,β-unsaturated/α-hetero) is 1. The first-order valence-corrected chi connectivity index (χ1v) is 11.5. The van der Waals surface area contributed by atoms with Gasteiger partial charge in [-0.3, -0.25) is 4.79 Å². The van der Waals surface area contributed by atoms with E-state index in [1.165, 1.54) is 11.1 Å². The number of hydrogen-bond acceptors (Lipinski definition) is 5. The van der Waals surface area contributed by atoms with Crippen molar-refractivity contribution in [2.24, 2.45) is 0 Å². The molecular formula is C26H26ClN3O2. The SMILES string of the molecule is CCC(=O)c1ccc(C2(Nc3nccc4c3N(Cc3ccc(Cl)cc3)CCO4)CC2)cc1. The number of ketones is 1. The minimum atomic E-state index is -0.153. The number of ether oxygens (including phenoxy) is 1. The van der Waals surface area contributed by atoms with E-state index in [1.807, 2.05) is 37.3 Å². The number of benzene rings is 2. The van der Waals surface area contributed by atoms with Gasteiger partial charge in [0.2, 0.25) is 0 Å². The van der Waals surface area contributed by atoms with Crippen molar-refractivity contribution in [1.29, 1.82) is 0 Å². The van der Waals surface area contributed by atoms with Crippen LogP contribution >= 0.6 is 11.6 Å². The van der Waals surface area contributed by atoms with Gasteiger partial charge in [0.05, 0.1) is 12.1 Å². The molecule has 1 aromatic heterocycles. The number of aromatic nitrogens is 1. The molecule has 0 unspecified atom stereocenters. The maximum absolute atomic E-state index is 12.0. The first-order valence-electron chi connectivity index (χ1n) is 11.1. The number of carbonyl (C=O) groups excluding carboxylic acids is 1. The quantitative estimate of drug-likeness (QED) is 0.462. The van der Waals surface area contributed by atoms with E-state index in [0.29, 0.717) is 13.0 Å². The van der Waals surface area contributed by atoms with Crippen molar-refractivity contribution in [2.45, 2.75) is 38.3 Å². The molecule has 1 saturated carbocycles. The molecule has 6 heteroatoms. The maximum Gasteiger partial charge on any atom is 0.162 e. The first-order chi connectivity index (χ1) is 15.6. The average Bonchev–Trinajstić information content (AvgIpc) is 3.61. The summed E-state index contributed by atoms with van der Waals surface area (Å²) in [6.07, 6.45) is 4.37. The zero-order chi connectivity index (χ0) is 22.1. The third-order valence-corrected chi connectivity index (χ3v) is 6.55. The number of hydrogen-bond donors (Lipinski definition) is 1. The fourth-order valence-electron chi connectivity index (χ4n) is 4.31. The third-order valence-electron chi connectivity index (χ3n) is 6.30. The van der Waals surface area contributed by atoms with Crippen LogP contribution in [0.1, 0.15) is 47.7 Å². The van der Waals surface area contributed by atoms with E-state index in [4.69, 9.17) is 21.3 Å². The molecule has 0 atom stereocenters. The van der Waals surface area contributed by atoms with Gasteiger partial charge in [-0.25, -0.2) is 4.98 Å². The predicted octanol–water partition coefficient (Wildman–Crippen LogP) is 5.83. The summed E-state index contributed by atoms with van der Waals surface area (Å²) in [5, 5.41) is 4.46. The van der Waals surface area contributed by atoms with Gasteiger partial charge in [-0.2, -0.15) is 0 Å². The monoisotopic (exact) mass is 447 g/mol. The molecule has 1 N–H and O–H groups in total. The van der Waals surface area contributed by atoms with Crippen LogP contribution in [0.25, 0.3) is 0 Å². The van der Waals surface area contributed by atoms with Crippen LogP contribution in [0, 0.1) is 0 Å². The molecule has 2 aromatic carbocycles. The van der Waals surface area contributed by atoms with Crippen LogP contribution in [0.3, 0.4) is 0 Å². The molecule has 0 bridgehead atoms. The van der Waals surface area contributed by atoms with Crippen LogP contribution in [0.2, 0.25) is 5.02 Å². The van der Waals surface area contributed by atoms with Gasteiger partial charge in [-0.1, -0.05) is 54.9 Å². The van der Waals surface area contributed by atoms with Crippen molar-refractivity contribution in [3.8, 4) is 5.75 Å². The molecule has 0 spiro atoms. The summed E-state index contributed by atoms with van der Waals surface area (Å²) in [6, 6.07) is 17.9. The smallest absolute Gasteiger partial charge is 0.162 e. The Hall–Kier alpha value is -3.05. The average molecular weight is 448 g/mol. The van der Waals surface area contributed by atoms with Gasteiger partial charge in [0.15, 0.2) is 11.6 Å². The molecular weight excluding hydrogens is 422 g/mol. The summed E-state index contributed by atoms with van der Waals surface area (Å²) in [7, 11) is 0. The predicted molar refractivity (Wildman–Crippen MR) is 128 cm³/mol. The standard InChI is InChI=1S/C26H26ClN3O2/c1-2-22(31)19-5-7-20(8-6-19)26(12-13-26)29-25-24-23(11-14-28-25)32-16-15-30(24)17-18-3-9-21(27)10-4-18/h3-11,14H,2,12-13,15-17H2,1H3,(H,28,29). The molecule has 3 aromatic rings. The second-order valence-corrected chi connectivity index (χ2v) is 8.90. The minimum absolute atomic E-state index is 0.153. The number of carbonyl (C=O) groups is 1. The van der Waals surface area contributed by atoms with E-state index in [1.54, 1.807) is 6.20 Å². The Morgan fingerprint density at radius 2 is 1.88 bits per heavy atom. The van der Waals surface area contributed by atoms with E-state index >= 15 is 0 Å². The Morgan fingerprint density at radius 1 is 1.12 bits per heavy atom. The van der Waals surface area contributed by atoms with Crippen molar-refractivity contribution in [2.75, 3.05) is 23.4 Å². The zero-order valence-corrected chi connectivity index (χ0v) is 18.9. The first kappa shape index (κ1) is 20.8. The summed E-state index contributed by atoms with van der Waals surface area (Å²) in [5.74, 6) is 1.85. The van der Waals surface area contributed by atoms with Crippen LogP contribution in [0.15, 0.2) is 60.8 Å². The van der Waals surface area contributed by atoms with Crippen molar-refractivity contribution < 1.29 is 9.53 Å². The Morgan fingerprint density at radius 3 is 2.56 bits per heavy atom. The number of nitrogens with one attached hydrogen (secondary N) is 1. The van der Waals surface area contributed by atoms with E-state index < -0.39 is 0 Å². The van der Waals surface area contributed by atoms with Crippen LogP contribution in [-0.2, 0) is 12.1 Å².